The van der Waals surface area contributed by atoms with Gasteiger partial charge in [0.1, 0.15) is 6.04 Å². The van der Waals surface area contributed by atoms with Gasteiger partial charge in [0.15, 0.2) is 0 Å². The summed E-state index contributed by atoms with van der Waals surface area (Å²) in [5, 5.41) is 17.5. The molecule has 14 heavy (non-hydrogen) atoms. The molecule has 1 unspecified atom stereocenters. The van der Waals surface area contributed by atoms with Gasteiger partial charge in [0.05, 0.1) is 19.8 Å². The van der Waals surface area contributed by atoms with Crippen molar-refractivity contribution in [2.75, 3.05) is 32.9 Å². The lowest BCUT2D eigenvalue weighted by atomic mass is 10.3. The summed E-state index contributed by atoms with van der Waals surface area (Å²) in [4.78, 5) is 13.0. The van der Waals surface area contributed by atoms with Crippen LogP contribution < -0.4 is 0 Å². The average molecular weight is 205 g/mol. The van der Waals surface area contributed by atoms with E-state index in [9.17, 15) is 4.79 Å². The molecule has 5 heteroatoms. The van der Waals surface area contributed by atoms with Crippen LogP contribution in [0.25, 0.3) is 0 Å². The van der Waals surface area contributed by atoms with Crippen molar-refractivity contribution in [1.82, 2.24) is 4.90 Å². The molecule has 0 rings (SSSR count). The van der Waals surface area contributed by atoms with Crippen LogP contribution in [0.1, 0.15) is 13.8 Å². The van der Waals surface area contributed by atoms with Gasteiger partial charge in [0.25, 0.3) is 0 Å². The molecule has 0 aromatic carbocycles. The minimum atomic E-state index is -0.422. The van der Waals surface area contributed by atoms with Crippen molar-refractivity contribution >= 4 is 5.97 Å². The average Bonchev–Trinajstić information content (AvgIpc) is 2.17. The number of esters is 1. The highest BCUT2D eigenvalue weighted by Crippen LogP contribution is 2.00. The van der Waals surface area contributed by atoms with Crippen molar-refractivity contribution in [3.05, 3.63) is 0 Å². The summed E-state index contributed by atoms with van der Waals surface area (Å²) in [5.74, 6) is -0.325. The molecular weight excluding hydrogens is 186 g/mol. The standard InChI is InChI=1S/C9H19NO4/c1-3-14-9(13)8(2)10(4-6-11)5-7-12/h8,11-12H,3-7H2,1-2H3. The zero-order valence-electron chi connectivity index (χ0n) is 8.77. The van der Waals surface area contributed by atoms with Gasteiger partial charge >= 0.3 is 5.97 Å². The third-order valence-corrected chi connectivity index (χ3v) is 1.95. The second-order valence-corrected chi connectivity index (χ2v) is 2.91. The second-order valence-electron chi connectivity index (χ2n) is 2.91. The summed E-state index contributed by atoms with van der Waals surface area (Å²) in [5.41, 5.74) is 0. The van der Waals surface area contributed by atoms with Crippen molar-refractivity contribution in [1.29, 1.82) is 0 Å². The molecule has 0 saturated carbocycles. The van der Waals surface area contributed by atoms with Crippen LogP contribution in [0.2, 0.25) is 0 Å². The normalized spacial score (nSPS) is 12.9. The van der Waals surface area contributed by atoms with Crippen molar-refractivity contribution in [2.24, 2.45) is 0 Å². The molecule has 0 aliphatic rings. The van der Waals surface area contributed by atoms with Crippen LogP contribution in [0.15, 0.2) is 0 Å². The largest absolute Gasteiger partial charge is 0.465 e. The fraction of sp³-hybridized carbons (Fsp3) is 0.889. The molecular formula is C9H19NO4. The number of carbonyl (C=O) groups is 1. The predicted molar refractivity (Wildman–Crippen MR) is 51.8 cm³/mol. The quantitative estimate of drug-likeness (QED) is 0.534. The highest BCUT2D eigenvalue weighted by atomic mass is 16.5. The van der Waals surface area contributed by atoms with Crippen LogP contribution in [0.3, 0.4) is 0 Å². The molecule has 0 radical (unpaired) electrons. The van der Waals surface area contributed by atoms with E-state index in [1.165, 1.54) is 0 Å². The van der Waals surface area contributed by atoms with Crippen molar-refractivity contribution in [3.8, 4) is 0 Å². The Morgan fingerprint density at radius 2 is 1.86 bits per heavy atom. The van der Waals surface area contributed by atoms with Crippen LogP contribution >= 0.6 is 0 Å². The van der Waals surface area contributed by atoms with Gasteiger partial charge in [-0.05, 0) is 13.8 Å². The first-order chi connectivity index (χ1) is 6.67. The van der Waals surface area contributed by atoms with E-state index in [2.05, 4.69) is 0 Å². The van der Waals surface area contributed by atoms with E-state index in [0.29, 0.717) is 19.7 Å². The predicted octanol–water partition coefficient (Wildman–Crippen LogP) is -0.775. The lowest BCUT2D eigenvalue weighted by Gasteiger charge is -2.25. The summed E-state index contributed by atoms with van der Waals surface area (Å²) < 4.78 is 4.83. The summed E-state index contributed by atoms with van der Waals surface area (Å²) in [6.07, 6.45) is 0. The van der Waals surface area contributed by atoms with Gasteiger partial charge in [-0.1, -0.05) is 0 Å². The van der Waals surface area contributed by atoms with Crippen molar-refractivity contribution in [3.63, 3.8) is 0 Å². The number of ether oxygens (including phenoxy) is 1. The van der Waals surface area contributed by atoms with E-state index >= 15 is 0 Å². The van der Waals surface area contributed by atoms with Crippen LogP contribution in [-0.4, -0.2) is 60.0 Å². The molecule has 0 saturated heterocycles. The molecule has 5 nitrogen and oxygen atoms in total. The van der Waals surface area contributed by atoms with E-state index < -0.39 is 6.04 Å². The Balaban J connectivity index is 4.11. The molecule has 0 bridgehead atoms. The van der Waals surface area contributed by atoms with Crippen LogP contribution in [-0.2, 0) is 9.53 Å². The van der Waals surface area contributed by atoms with Crippen molar-refractivity contribution in [2.45, 2.75) is 19.9 Å². The SMILES string of the molecule is CCOC(=O)C(C)N(CCO)CCO. The topological polar surface area (TPSA) is 70.0 Å². The summed E-state index contributed by atoms with van der Waals surface area (Å²) >= 11 is 0. The molecule has 0 heterocycles. The maximum atomic E-state index is 11.3. The number of aliphatic hydroxyl groups excluding tert-OH is 2. The number of carbonyl (C=O) groups excluding carboxylic acids is 1. The summed E-state index contributed by atoms with van der Waals surface area (Å²) in [7, 11) is 0. The molecule has 2 N–H and O–H groups in total. The smallest absolute Gasteiger partial charge is 0.323 e. The Kier molecular flexibility index (Phi) is 7.37. The third-order valence-electron chi connectivity index (χ3n) is 1.95. The third kappa shape index (κ3) is 4.55. The van der Waals surface area contributed by atoms with Gasteiger partial charge in [0, 0.05) is 13.1 Å². The van der Waals surface area contributed by atoms with E-state index in [1.807, 2.05) is 0 Å². The molecule has 0 aromatic heterocycles. The zero-order chi connectivity index (χ0) is 11.0. The second kappa shape index (κ2) is 7.73. The van der Waals surface area contributed by atoms with Gasteiger partial charge in [0.2, 0.25) is 0 Å². The van der Waals surface area contributed by atoms with Crippen LogP contribution in [0, 0.1) is 0 Å². The van der Waals surface area contributed by atoms with Gasteiger partial charge in [-0.3, -0.25) is 9.69 Å². The highest BCUT2D eigenvalue weighted by molar-refractivity contribution is 5.75. The first-order valence-corrected chi connectivity index (χ1v) is 4.79. The summed E-state index contributed by atoms with van der Waals surface area (Å²) in [6.45, 7) is 4.43. The Morgan fingerprint density at radius 1 is 1.36 bits per heavy atom. The highest BCUT2D eigenvalue weighted by Gasteiger charge is 2.21. The number of hydrogen-bond acceptors (Lipinski definition) is 5. The Morgan fingerprint density at radius 3 is 2.21 bits per heavy atom. The van der Waals surface area contributed by atoms with E-state index in [4.69, 9.17) is 14.9 Å². The number of hydrogen-bond donors (Lipinski definition) is 2. The Hall–Kier alpha value is -0.650. The Labute approximate surface area is 84.3 Å². The number of rotatable bonds is 7. The van der Waals surface area contributed by atoms with E-state index in [1.54, 1.807) is 18.7 Å². The molecule has 1 atom stereocenters. The lowest BCUT2D eigenvalue weighted by molar-refractivity contribution is -0.149. The zero-order valence-corrected chi connectivity index (χ0v) is 8.77. The maximum absolute atomic E-state index is 11.3. The number of aliphatic hydroxyl groups is 2. The lowest BCUT2D eigenvalue weighted by Crippen LogP contribution is -2.43. The molecule has 84 valence electrons. The first kappa shape index (κ1) is 13.4. The fourth-order valence-electron chi connectivity index (χ4n) is 1.17. The number of nitrogens with zero attached hydrogens (tertiary/aromatic N) is 1. The molecule has 0 fully saturated rings. The molecule has 0 spiro atoms. The summed E-state index contributed by atoms with van der Waals surface area (Å²) in [6, 6.07) is -0.422. The molecule has 0 aliphatic heterocycles. The van der Waals surface area contributed by atoms with Gasteiger partial charge < -0.3 is 14.9 Å². The monoisotopic (exact) mass is 205 g/mol. The van der Waals surface area contributed by atoms with E-state index in [-0.39, 0.29) is 19.2 Å². The van der Waals surface area contributed by atoms with Gasteiger partial charge in [-0.25, -0.2) is 0 Å². The molecule has 0 amide bonds. The van der Waals surface area contributed by atoms with Crippen molar-refractivity contribution < 1.29 is 19.7 Å². The minimum absolute atomic E-state index is 0.0380. The first-order valence-electron chi connectivity index (χ1n) is 4.79. The maximum Gasteiger partial charge on any atom is 0.323 e. The molecule has 0 aliphatic carbocycles. The fourth-order valence-corrected chi connectivity index (χ4v) is 1.17. The minimum Gasteiger partial charge on any atom is -0.465 e. The Bertz CT molecular complexity index is 157. The molecule has 0 aromatic rings. The van der Waals surface area contributed by atoms with Gasteiger partial charge in [-0.2, -0.15) is 0 Å². The van der Waals surface area contributed by atoms with Crippen LogP contribution in [0.4, 0.5) is 0 Å². The van der Waals surface area contributed by atoms with Crippen LogP contribution in [0.5, 0.6) is 0 Å². The van der Waals surface area contributed by atoms with E-state index in [0.717, 1.165) is 0 Å². The van der Waals surface area contributed by atoms with Gasteiger partial charge in [-0.15, -0.1) is 0 Å².